The van der Waals surface area contributed by atoms with Crippen LogP contribution >= 0.6 is 0 Å². The van der Waals surface area contributed by atoms with Crippen molar-refractivity contribution < 1.29 is 8.42 Å². The van der Waals surface area contributed by atoms with Gasteiger partial charge in [-0.3, -0.25) is 4.90 Å². The summed E-state index contributed by atoms with van der Waals surface area (Å²) >= 11 is 0. The molecule has 118 valence electrons. The van der Waals surface area contributed by atoms with Crippen LogP contribution in [0.3, 0.4) is 0 Å². The topological polar surface area (TPSA) is 49.4 Å². The molecular formula is C16H26N2O2S. The second-order valence-corrected chi connectivity index (χ2v) is 8.29. The van der Waals surface area contributed by atoms with Crippen molar-refractivity contribution in [2.45, 2.75) is 31.8 Å². The van der Waals surface area contributed by atoms with E-state index in [4.69, 9.17) is 0 Å². The van der Waals surface area contributed by atoms with Crippen LogP contribution in [0.4, 0.5) is 0 Å². The van der Waals surface area contributed by atoms with Crippen LogP contribution in [0.5, 0.6) is 0 Å². The van der Waals surface area contributed by atoms with Gasteiger partial charge in [0.2, 0.25) is 0 Å². The van der Waals surface area contributed by atoms with E-state index in [1.54, 1.807) is 0 Å². The predicted octanol–water partition coefficient (Wildman–Crippen LogP) is 1.85. The standard InChI is InChI=1S/C16H26N2O2S/c1-14-9-10-17-16(15-7-4-3-5-8-15)13-18(14)11-6-12-21(2,19)20/h3-5,7-8,14,16-17H,6,9-13H2,1-2H3. The molecule has 4 nitrogen and oxygen atoms in total. The minimum absolute atomic E-state index is 0.277. The highest BCUT2D eigenvalue weighted by Crippen LogP contribution is 2.20. The molecule has 1 N–H and O–H groups in total. The van der Waals surface area contributed by atoms with Crippen LogP contribution in [-0.2, 0) is 9.84 Å². The van der Waals surface area contributed by atoms with Gasteiger partial charge < -0.3 is 5.32 Å². The second-order valence-electron chi connectivity index (χ2n) is 6.03. The fourth-order valence-corrected chi connectivity index (χ4v) is 3.53. The van der Waals surface area contributed by atoms with Gasteiger partial charge in [0.05, 0.1) is 5.75 Å². The maximum absolute atomic E-state index is 11.3. The van der Waals surface area contributed by atoms with Crippen molar-refractivity contribution in [1.29, 1.82) is 0 Å². The number of rotatable bonds is 5. The lowest BCUT2D eigenvalue weighted by molar-refractivity contribution is 0.205. The molecule has 0 saturated carbocycles. The van der Waals surface area contributed by atoms with Gasteiger partial charge in [-0.2, -0.15) is 0 Å². The predicted molar refractivity (Wildman–Crippen MR) is 87.2 cm³/mol. The number of nitrogens with zero attached hydrogens (tertiary/aromatic N) is 1. The van der Waals surface area contributed by atoms with E-state index in [-0.39, 0.29) is 5.75 Å². The van der Waals surface area contributed by atoms with Crippen LogP contribution in [0.2, 0.25) is 0 Å². The van der Waals surface area contributed by atoms with Crippen LogP contribution < -0.4 is 5.32 Å². The molecule has 1 aromatic carbocycles. The molecule has 1 aromatic rings. The van der Waals surface area contributed by atoms with Crippen LogP contribution in [0.1, 0.15) is 31.4 Å². The highest BCUT2D eigenvalue weighted by atomic mass is 32.2. The van der Waals surface area contributed by atoms with E-state index in [9.17, 15) is 8.42 Å². The van der Waals surface area contributed by atoms with Gasteiger partial charge in [0.25, 0.3) is 0 Å². The number of nitrogens with one attached hydrogen (secondary N) is 1. The zero-order chi connectivity index (χ0) is 15.3. The van der Waals surface area contributed by atoms with Gasteiger partial charge in [0.1, 0.15) is 9.84 Å². The summed E-state index contributed by atoms with van der Waals surface area (Å²) in [6.07, 6.45) is 3.13. The minimum Gasteiger partial charge on any atom is -0.309 e. The van der Waals surface area contributed by atoms with Gasteiger partial charge in [0, 0.05) is 24.9 Å². The van der Waals surface area contributed by atoms with Crippen molar-refractivity contribution in [3.8, 4) is 0 Å². The van der Waals surface area contributed by atoms with Gasteiger partial charge in [-0.25, -0.2) is 8.42 Å². The van der Waals surface area contributed by atoms with Crippen molar-refractivity contribution in [3.63, 3.8) is 0 Å². The van der Waals surface area contributed by atoms with Gasteiger partial charge in [0.15, 0.2) is 0 Å². The molecule has 0 bridgehead atoms. The summed E-state index contributed by atoms with van der Waals surface area (Å²) in [5.41, 5.74) is 1.31. The third-order valence-corrected chi connectivity index (χ3v) is 5.19. The fraction of sp³-hybridized carbons (Fsp3) is 0.625. The normalized spacial score (nSPS) is 24.7. The van der Waals surface area contributed by atoms with E-state index in [1.165, 1.54) is 11.8 Å². The summed E-state index contributed by atoms with van der Waals surface area (Å²) in [7, 11) is -2.86. The molecule has 5 heteroatoms. The Bertz CT molecular complexity index is 530. The molecule has 2 rings (SSSR count). The Morgan fingerprint density at radius 1 is 1.29 bits per heavy atom. The van der Waals surface area contributed by atoms with Crippen molar-refractivity contribution in [2.75, 3.05) is 31.6 Å². The van der Waals surface area contributed by atoms with Crippen molar-refractivity contribution in [1.82, 2.24) is 10.2 Å². The average molecular weight is 310 g/mol. The maximum atomic E-state index is 11.3. The first-order chi connectivity index (χ1) is 9.96. The molecule has 0 radical (unpaired) electrons. The molecule has 1 fully saturated rings. The summed E-state index contributed by atoms with van der Waals surface area (Å²) in [5, 5.41) is 3.61. The first-order valence-corrected chi connectivity index (χ1v) is 9.72. The zero-order valence-corrected chi connectivity index (χ0v) is 13.8. The van der Waals surface area contributed by atoms with E-state index in [0.717, 1.165) is 26.1 Å². The lowest BCUT2D eigenvalue weighted by atomic mass is 10.1. The van der Waals surface area contributed by atoms with E-state index in [2.05, 4.69) is 41.4 Å². The molecule has 2 atom stereocenters. The summed E-state index contributed by atoms with van der Waals surface area (Å²) in [4.78, 5) is 2.42. The molecule has 1 aliphatic rings. The van der Waals surface area contributed by atoms with Crippen LogP contribution in [0.15, 0.2) is 30.3 Å². The number of benzene rings is 1. The number of sulfone groups is 1. The maximum Gasteiger partial charge on any atom is 0.147 e. The summed E-state index contributed by atoms with van der Waals surface area (Å²) < 4.78 is 22.6. The highest BCUT2D eigenvalue weighted by Gasteiger charge is 2.23. The third kappa shape index (κ3) is 5.41. The van der Waals surface area contributed by atoms with Gasteiger partial charge >= 0.3 is 0 Å². The monoisotopic (exact) mass is 310 g/mol. The Labute approximate surface area is 128 Å². The molecule has 0 aliphatic carbocycles. The Morgan fingerprint density at radius 3 is 2.67 bits per heavy atom. The zero-order valence-electron chi connectivity index (χ0n) is 13.0. The van der Waals surface area contributed by atoms with Crippen LogP contribution in [-0.4, -0.2) is 51.0 Å². The van der Waals surface area contributed by atoms with Crippen molar-refractivity contribution >= 4 is 9.84 Å². The van der Waals surface area contributed by atoms with Gasteiger partial charge in [-0.05, 0) is 38.4 Å². The largest absolute Gasteiger partial charge is 0.309 e. The average Bonchev–Trinajstić information content (AvgIpc) is 2.61. The molecule has 1 saturated heterocycles. The minimum atomic E-state index is -2.86. The van der Waals surface area contributed by atoms with Gasteiger partial charge in [-0.1, -0.05) is 30.3 Å². The molecule has 0 spiro atoms. The van der Waals surface area contributed by atoms with Crippen LogP contribution in [0, 0.1) is 0 Å². The van der Waals surface area contributed by atoms with Crippen molar-refractivity contribution in [2.24, 2.45) is 0 Å². The Kier molecular flexibility index (Phi) is 5.79. The van der Waals surface area contributed by atoms with E-state index >= 15 is 0 Å². The molecule has 1 aliphatic heterocycles. The Hall–Kier alpha value is -0.910. The molecular weight excluding hydrogens is 284 g/mol. The molecule has 0 amide bonds. The Morgan fingerprint density at radius 2 is 2.00 bits per heavy atom. The quantitative estimate of drug-likeness (QED) is 0.902. The van der Waals surface area contributed by atoms with E-state index in [0.29, 0.717) is 18.5 Å². The van der Waals surface area contributed by atoms with E-state index < -0.39 is 9.84 Å². The summed E-state index contributed by atoms with van der Waals surface area (Å²) in [6.45, 7) is 5.02. The van der Waals surface area contributed by atoms with Gasteiger partial charge in [-0.15, -0.1) is 0 Å². The Balaban J connectivity index is 1.98. The van der Waals surface area contributed by atoms with Crippen LogP contribution in [0.25, 0.3) is 0 Å². The molecule has 1 heterocycles. The number of hydrogen-bond acceptors (Lipinski definition) is 4. The van der Waals surface area contributed by atoms with E-state index in [1.807, 2.05) is 6.07 Å². The smallest absolute Gasteiger partial charge is 0.147 e. The summed E-state index contributed by atoms with van der Waals surface area (Å²) in [6, 6.07) is 11.3. The number of hydrogen-bond donors (Lipinski definition) is 1. The first kappa shape index (κ1) is 16.5. The second kappa shape index (κ2) is 7.38. The molecule has 2 unspecified atom stereocenters. The third-order valence-electron chi connectivity index (χ3n) is 4.16. The lowest BCUT2D eigenvalue weighted by Crippen LogP contribution is -2.37. The highest BCUT2D eigenvalue weighted by molar-refractivity contribution is 7.90. The SMILES string of the molecule is CC1CCNC(c2ccccc2)CN1CCCS(C)(=O)=O. The van der Waals surface area contributed by atoms with Crippen molar-refractivity contribution in [3.05, 3.63) is 35.9 Å². The lowest BCUT2D eigenvalue weighted by Gasteiger charge is -2.29. The fourth-order valence-electron chi connectivity index (χ4n) is 2.88. The first-order valence-electron chi connectivity index (χ1n) is 7.66. The summed E-state index contributed by atoms with van der Waals surface area (Å²) in [5.74, 6) is 0.277. The molecule has 0 aromatic heterocycles. The molecule has 21 heavy (non-hydrogen) atoms.